The van der Waals surface area contributed by atoms with Crippen molar-refractivity contribution in [1.29, 1.82) is 0 Å². The molecular formula is C9H15NO3. The summed E-state index contributed by atoms with van der Waals surface area (Å²) in [7, 11) is 0. The summed E-state index contributed by atoms with van der Waals surface area (Å²) in [5.41, 5.74) is -0.0890. The van der Waals surface area contributed by atoms with E-state index >= 15 is 0 Å². The van der Waals surface area contributed by atoms with Gasteiger partial charge >= 0.3 is 0 Å². The molecule has 1 rings (SSSR count). The Morgan fingerprint density at radius 2 is 1.77 bits per heavy atom. The van der Waals surface area contributed by atoms with Crippen molar-refractivity contribution in [3.63, 3.8) is 0 Å². The van der Waals surface area contributed by atoms with Gasteiger partial charge in [-0.25, -0.2) is 0 Å². The van der Waals surface area contributed by atoms with Crippen LogP contribution in [0.15, 0.2) is 9.59 Å². The van der Waals surface area contributed by atoms with Crippen LogP contribution in [0.2, 0.25) is 0 Å². The molecule has 1 aromatic carbocycles. The number of aliphatic hydroxyl groups is 1. The molecule has 0 fully saturated rings. The molecule has 0 radical (unpaired) electrons. The second-order valence-corrected chi connectivity index (χ2v) is 2.31. The Kier molecular flexibility index (Phi) is 4.99. The highest BCUT2D eigenvalue weighted by Gasteiger charge is 2.14. The van der Waals surface area contributed by atoms with E-state index < -0.39 is 10.9 Å². The average molecular weight is 185 g/mol. The summed E-state index contributed by atoms with van der Waals surface area (Å²) in [4.78, 5) is 21.4. The van der Waals surface area contributed by atoms with Crippen molar-refractivity contribution in [2.75, 3.05) is 18.5 Å². The summed E-state index contributed by atoms with van der Waals surface area (Å²) < 4.78 is 0. The summed E-state index contributed by atoms with van der Waals surface area (Å²) in [5.74, 6) is 0. The van der Waals surface area contributed by atoms with Gasteiger partial charge in [-0.05, 0) is 6.92 Å². The highest BCUT2D eigenvalue weighted by molar-refractivity contribution is 5.55. The average Bonchev–Trinajstić information content (AvgIpc) is 2.20. The topological polar surface area (TPSA) is 66.4 Å². The maximum Gasteiger partial charge on any atom is 0.249 e. The summed E-state index contributed by atoms with van der Waals surface area (Å²) in [6.45, 7) is 5.85. The van der Waals surface area contributed by atoms with Crippen LogP contribution in [0.1, 0.15) is 19.4 Å². The van der Waals surface area contributed by atoms with Crippen LogP contribution in [0.4, 0.5) is 5.69 Å². The molecule has 0 aliphatic rings. The molecule has 4 nitrogen and oxygen atoms in total. The zero-order valence-electron chi connectivity index (χ0n) is 8.18. The quantitative estimate of drug-likeness (QED) is 0.651. The fourth-order valence-corrected chi connectivity index (χ4v) is 0.899. The fourth-order valence-electron chi connectivity index (χ4n) is 0.899. The number of hydrogen-bond acceptors (Lipinski definition) is 4. The van der Waals surface area contributed by atoms with Crippen molar-refractivity contribution < 1.29 is 5.11 Å². The van der Waals surface area contributed by atoms with Gasteiger partial charge < -0.3 is 10.4 Å². The minimum Gasteiger partial charge on any atom is -0.395 e. The molecule has 1 aromatic rings. The van der Waals surface area contributed by atoms with Gasteiger partial charge in [0.25, 0.3) is 0 Å². The number of anilines is 1. The van der Waals surface area contributed by atoms with Crippen molar-refractivity contribution in [1.82, 2.24) is 0 Å². The van der Waals surface area contributed by atoms with Crippen molar-refractivity contribution in [2.24, 2.45) is 0 Å². The van der Waals surface area contributed by atoms with Gasteiger partial charge in [0, 0.05) is 12.1 Å². The maximum atomic E-state index is 10.7. The van der Waals surface area contributed by atoms with Gasteiger partial charge in [0.1, 0.15) is 0 Å². The SMILES string of the molecule is CC.Cc1c(NCCO)c(=O)c1=O. The lowest BCUT2D eigenvalue weighted by Gasteiger charge is -2.07. The standard InChI is InChI=1S/C7H9NO3.C2H6/c1-4-5(8-2-3-9)7(11)6(4)10;1-2/h8-9H,2-3H2,1H3;1-2H3. The first-order chi connectivity index (χ1) is 6.18. The van der Waals surface area contributed by atoms with E-state index in [0.29, 0.717) is 17.8 Å². The molecule has 0 atom stereocenters. The van der Waals surface area contributed by atoms with E-state index in [1.807, 2.05) is 13.8 Å². The first kappa shape index (κ1) is 11.8. The van der Waals surface area contributed by atoms with Gasteiger partial charge in [-0.2, -0.15) is 0 Å². The van der Waals surface area contributed by atoms with Crippen LogP contribution in [0.25, 0.3) is 0 Å². The Hall–Kier alpha value is -1.16. The number of hydrogen-bond donors (Lipinski definition) is 2. The Labute approximate surface area is 76.9 Å². The van der Waals surface area contributed by atoms with Gasteiger partial charge in [0.15, 0.2) is 0 Å². The van der Waals surface area contributed by atoms with E-state index in [1.165, 1.54) is 0 Å². The van der Waals surface area contributed by atoms with Crippen LogP contribution in [0, 0.1) is 6.92 Å². The van der Waals surface area contributed by atoms with Gasteiger partial charge in [-0.15, -0.1) is 0 Å². The van der Waals surface area contributed by atoms with E-state index in [1.54, 1.807) is 6.92 Å². The summed E-state index contributed by atoms with van der Waals surface area (Å²) >= 11 is 0. The lowest BCUT2D eigenvalue weighted by Crippen LogP contribution is -2.37. The molecule has 0 heterocycles. The van der Waals surface area contributed by atoms with Crippen LogP contribution in [0.3, 0.4) is 0 Å². The molecule has 4 heteroatoms. The van der Waals surface area contributed by atoms with Crippen molar-refractivity contribution in [3.8, 4) is 0 Å². The van der Waals surface area contributed by atoms with Crippen LogP contribution in [-0.2, 0) is 0 Å². The Bertz CT molecular complexity index is 323. The highest BCUT2D eigenvalue weighted by Crippen LogP contribution is 2.03. The maximum absolute atomic E-state index is 10.7. The third kappa shape index (κ3) is 2.39. The Morgan fingerprint density at radius 3 is 2.15 bits per heavy atom. The molecule has 0 bridgehead atoms. The fraction of sp³-hybridized carbons (Fsp3) is 0.556. The zero-order valence-corrected chi connectivity index (χ0v) is 8.18. The number of nitrogens with one attached hydrogen (secondary N) is 1. The molecule has 2 N–H and O–H groups in total. The van der Waals surface area contributed by atoms with E-state index in [-0.39, 0.29) is 6.61 Å². The highest BCUT2D eigenvalue weighted by atomic mass is 16.3. The molecule has 0 aliphatic carbocycles. The van der Waals surface area contributed by atoms with Crippen molar-refractivity contribution in [2.45, 2.75) is 20.8 Å². The van der Waals surface area contributed by atoms with Crippen LogP contribution < -0.4 is 16.2 Å². The lowest BCUT2D eigenvalue weighted by molar-refractivity contribution is 0.311. The molecule has 0 saturated carbocycles. The summed E-state index contributed by atoms with van der Waals surface area (Å²) in [5, 5.41) is 11.0. The minimum absolute atomic E-state index is 0.0434. The summed E-state index contributed by atoms with van der Waals surface area (Å²) in [6.07, 6.45) is 0. The monoisotopic (exact) mass is 185 g/mol. The molecular weight excluding hydrogens is 170 g/mol. The van der Waals surface area contributed by atoms with Crippen LogP contribution in [0.5, 0.6) is 0 Å². The minimum atomic E-state index is -0.476. The van der Waals surface area contributed by atoms with Gasteiger partial charge in [0.2, 0.25) is 10.9 Å². The first-order valence-corrected chi connectivity index (χ1v) is 4.33. The van der Waals surface area contributed by atoms with Gasteiger partial charge in [-0.3, -0.25) is 9.59 Å². The molecule has 13 heavy (non-hydrogen) atoms. The van der Waals surface area contributed by atoms with Crippen LogP contribution in [-0.4, -0.2) is 18.3 Å². The zero-order chi connectivity index (χ0) is 10.4. The predicted molar refractivity (Wildman–Crippen MR) is 53.0 cm³/mol. The van der Waals surface area contributed by atoms with E-state index in [0.717, 1.165) is 0 Å². The van der Waals surface area contributed by atoms with Gasteiger partial charge in [-0.1, -0.05) is 13.8 Å². The molecule has 0 saturated heterocycles. The largest absolute Gasteiger partial charge is 0.395 e. The third-order valence-electron chi connectivity index (χ3n) is 1.56. The normalized spacial score (nSPS) is 9.23. The third-order valence-corrected chi connectivity index (χ3v) is 1.56. The lowest BCUT2D eigenvalue weighted by atomic mass is 10.1. The molecule has 0 aliphatic heterocycles. The smallest absolute Gasteiger partial charge is 0.249 e. The van der Waals surface area contributed by atoms with E-state index in [9.17, 15) is 9.59 Å². The van der Waals surface area contributed by atoms with Gasteiger partial charge in [0.05, 0.1) is 12.3 Å². The van der Waals surface area contributed by atoms with Crippen molar-refractivity contribution in [3.05, 3.63) is 26.0 Å². The molecule has 0 unspecified atom stereocenters. The second kappa shape index (κ2) is 5.48. The summed E-state index contributed by atoms with van der Waals surface area (Å²) in [6, 6.07) is 0. The van der Waals surface area contributed by atoms with Crippen LogP contribution >= 0.6 is 0 Å². The molecule has 0 spiro atoms. The number of rotatable bonds is 3. The molecule has 0 aromatic heterocycles. The molecule has 74 valence electrons. The predicted octanol–water partition coefficient (Wildman–Crippen LogP) is 0.0214. The Balaban J connectivity index is 0.000000671. The first-order valence-electron chi connectivity index (χ1n) is 4.33. The molecule has 0 amide bonds. The van der Waals surface area contributed by atoms with E-state index in [4.69, 9.17) is 5.11 Å². The number of aliphatic hydroxyl groups excluding tert-OH is 1. The van der Waals surface area contributed by atoms with Crippen molar-refractivity contribution >= 4 is 5.69 Å². The Morgan fingerprint density at radius 1 is 1.23 bits per heavy atom. The van der Waals surface area contributed by atoms with E-state index in [2.05, 4.69) is 5.32 Å². The second-order valence-electron chi connectivity index (χ2n) is 2.31.